The first-order valence-electron chi connectivity index (χ1n) is 5.32. The van der Waals surface area contributed by atoms with Crippen molar-refractivity contribution < 1.29 is 4.74 Å². The highest BCUT2D eigenvalue weighted by Crippen LogP contribution is 2.26. The van der Waals surface area contributed by atoms with Gasteiger partial charge in [-0.3, -0.25) is 4.68 Å². The number of hydrogen-bond donors (Lipinski definition) is 0. The van der Waals surface area contributed by atoms with Gasteiger partial charge in [-0.15, -0.1) is 0 Å². The number of aryl methyl sites for hydroxylation is 2. The molecule has 0 saturated carbocycles. The molecule has 4 nitrogen and oxygen atoms in total. The van der Waals surface area contributed by atoms with E-state index in [0.717, 1.165) is 28.0 Å². The molecule has 0 unspecified atom stereocenters. The van der Waals surface area contributed by atoms with Crippen molar-refractivity contribution in [2.75, 3.05) is 0 Å². The molecule has 0 bridgehead atoms. The maximum absolute atomic E-state index is 5.83. The fourth-order valence-corrected chi connectivity index (χ4v) is 2.05. The standard InChI is InChI=1S/C12H14BrN3O/c1-9-4-3-5-10(6-13)12(9)17-7-11-14-8-15-16(11)2/h3-5,8H,6-7H2,1-2H3. The van der Waals surface area contributed by atoms with E-state index < -0.39 is 0 Å². The smallest absolute Gasteiger partial charge is 0.164 e. The second kappa shape index (κ2) is 5.31. The number of halogens is 1. The summed E-state index contributed by atoms with van der Waals surface area (Å²) in [6.45, 7) is 2.47. The van der Waals surface area contributed by atoms with Gasteiger partial charge in [0, 0.05) is 17.9 Å². The van der Waals surface area contributed by atoms with Crippen molar-refractivity contribution in [3.8, 4) is 5.75 Å². The van der Waals surface area contributed by atoms with Gasteiger partial charge in [-0.05, 0) is 12.5 Å². The van der Waals surface area contributed by atoms with E-state index in [0.29, 0.717) is 6.61 Å². The number of benzene rings is 1. The Labute approximate surface area is 109 Å². The van der Waals surface area contributed by atoms with Crippen molar-refractivity contribution in [3.05, 3.63) is 41.5 Å². The predicted molar refractivity (Wildman–Crippen MR) is 69.1 cm³/mol. The number of aromatic nitrogens is 3. The highest BCUT2D eigenvalue weighted by atomic mass is 79.9. The van der Waals surface area contributed by atoms with Crippen LogP contribution in [-0.4, -0.2) is 14.8 Å². The number of para-hydroxylation sites is 1. The zero-order valence-electron chi connectivity index (χ0n) is 9.85. The van der Waals surface area contributed by atoms with Crippen molar-refractivity contribution >= 4 is 15.9 Å². The molecule has 0 aliphatic carbocycles. The van der Waals surface area contributed by atoms with Gasteiger partial charge in [0.2, 0.25) is 0 Å². The highest BCUT2D eigenvalue weighted by Gasteiger charge is 2.08. The van der Waals surface area contributed by atoms with E-state index >= 15 is 0 Å². The maximum atomic E-state index is 5.83. The fourth-order valence-electron chi connectivity index (χ4n) is 1.61. The third kappa shape index (κ3) is 2.66. The molecule has 1 aromatic heterocycles. The lowest BCUT2D eigenvalue weighted by Crippen LogP contribution is -2.06. The number of rotatable bonds is 4. The SMILES string of the molecule is Cc1cccc(CBr)c1OCc1ncnn1C. The molecule has 1 heterocycles. The van der Waals surface area contributed by atoms with Crippen LogP contribution in [0.2, 0.25) is 0 Å². The lowest BCUT2D eigenvalue weighted by Gasteiger charge is -2.12. The lowest BCUT2D eigenvalue weighted by atomic mass is 10.1. The number of ether oxygens (including phenoxy) is 1. The lowest BCUT2D eigenvalue weighted by molar-refractivity contribution is 0.286. The zero-order chi connectivity index (χ0) is 12.3. The topological polar surface area (TPSA) is 39.9 Å². The van der Waals surface area contributed by atoms with Gasteiger partial charge in [-0.25, -0.2) is 4.98 Å². The minimum Gasteiger partial charge on any atom is -0.485 e. The summed E-state index contributed by atoms with van der Waals surface area (Å²) in [6, 6.07) is 6.12. The second-order valence-corrected chi connectivity index (χ2v) is 4.35. The first kappa shape index (κ1) is 12.1. The van der Waals surface area contributed by atoms with Crippen LogP contribution < -0.4 is 4.74 Å². The minimum absolute atomic E-state index is 0.432. The predicted octanol–water partition coefficient (Wildman–Crippen LogP) is 2.60. The third-order valence-corrected chi connectivity index (χ3v) is 3.19. The van der Waals surface area contributed by atoms with Gasteiger partial charge < -0.3 is 4.74 Å². The first-order valence-corrected chi connectivity index (χ1v) is 6.44. The van der Waals surface area contributed by atoms with Crippen LogP contribution in [0.25, 0.3) is 0 Å². The highest BCUT2D eigenvalue weighted by molar-refractivity contribution is 9.08. The van der Waals surface area contributed by atoms with Crippen LogP contribution in [0.4, 0.5) is 0 Å². The van der Waals surface area contributed by atoms with Crippen molar-refractivity contribution in [1.29, 1.82) is 0 Å². The molecule has 5 heteroatoms. The Balaban J connectivity index is 2.16. The largest absolute Gasteiger partial charge is 0.485 e. The fraction of sp³-hybridized carbons (Fsp3) is 0.333. The van der Waals surface area contributed by atoms with Gasteiger partial charge in [0.1, 0.15) is 18.7 Å². The molecule has 0 saturated heterocycles. The van der Waals surface area contributed by atoms with Gasteiger partial charge in [0.25, 0.3) is 0 Å². The normalized spacial score (nSPS) is 10.5. The van der Waals surface area contributed by atoms with Crippen LogP contribution in [0.1, 0.15) is 17.0 Å². The monoisotopic (exact) mass is 295 g/mol. The van der Waals surface area contributed by atoms with Crippen LogP contribution >= 0.6 is 15.9 Å². The molecule has 0 N–H and O–H groups in total. The van der Waals surface area contributed by atoms with E-state index in [-0.39, 0.29) is 0 Å². The molecular formula is C12H14BrN3O. The van der Waals surface area contributed by atoms with E-state index in [1.807, 2.05) is 32.2 Å². The summed E-state index contributed by atoms with van der Waals surface area (Å²) in [6.07, 6.45) is 1.53. The van der Waals surface area contributed by atoms with Crippen LogP contribution in [-0.2, 0) is 19.0 Å². The van der Waals surface area contributed by atoms with E-state index in [9.17, 15) is 0 Å². The maximum Gasteiger partial charge on any atom is 0.164 e. The average molecular weight is 296 g/mol. The molecule has 2 rings (SSSR count). The number of alkyl halides is 1. The molecule has 17 heavy (non-hydrogen) atoms. The summed E-state index contributed by atoms with van der Waals surface area (Å²) in [4.78, 5) is 4.13. The van der Waals surface area contributed by atoms with Gasteiger partial charge >= 0.3 is 0 Å². The second-order valence-electron chi connectivity index (χ2n) is 3.79. The molecule has 0 aliphatic heterocycles. The summed E-state index contributed by atoms with van der Waals surface area (Å²) < 4.78 is 7.55. The molecule has 0 radical (unpaired) electrons. The van der Waals surface area contributed by atoms with E-state index in [2.05, 4.69) is 26.0 Å². The Morgan fingerprint density at radius 1 is 1.41 bits per heavy atom. The quantitative estimate of drug-likeness (QED) is 0.814. The summed E-state index contributed by atoms with van der Waals surface area (Å²) >= 11 is 3.46. The summed E-state index contributed by atoms with van der Waals surface area (Å²) in [7, 11) is 1.86. The molecule has 1 aromatic carbocycles. The summed E-state index contributed by atoms with van der Waals surface area (Å²) in [5, 5.41) is 4.79. The van der Waals surface area contributed by atoms with Gasteiger partial charge in [-0.1, -0.05) is 34.1 Å². The van der Waals surface area contributed by atoms with Gasteiger partial charge in [-0.2, -0.15) is 5.10 Å². The van der Waals surface area contributed by atoms with Crippen LogP contribution in [0.5, 0.6) is 5.75 Å². The Kier molecular flexibility index (Phi) is 3.78. The molecule has 0 aliphatic rings. The van der Waals surface area contributed by atoms with Gasteiger partial charge in [0.05, 0.1) is 0 Å². The van der Waals surface area contributed by atoms with Crippen LogP contribution in [0, 0.1) is 6.92 Å². The molecular weight excluding hydrogens is 282 g/mol. The van der Waals surface area contributed by atoms with Crippen molar-refractivity contribution in [1.82, 2.24) is 14.8 Å². The van der Waals surface area contributed by atoms with Gasteiger partial charge in [0.15, 0.2) is 5.82 Å². The summed E-state index contributed by atoms with van der Waals surface area (Å²) in [5.41, 5.74) is 2.27. The Hall–Kier alpha value is -1.36. The van der Waals surface area contributed by atoms with Crippen molar-refractivity contribution in [3.63, 3.8) is 0 Å². The first-order chi connectivity index (χ1) is 8.22. The summed E-state index contributed by atoms with van der Waals surface area (Å²) in [5.74, 6) is 1.74. The average Bonchev–Trinajstić information content (AvgIpc) is 2.73. The van der Waals surface area contributed by atoms with Crippen LogP contribution in [0.15, 0.2) is 24.5 Å². The minimum atomic E-state index is 0.432. The molecule has 0 spiro atoms. The van der Waals surface area contributed by atoms with Crippen molar-refractivity contribution in [2.24, 2.45) is 7.05 Å². The van der Waals surface area contributed by atoms with Crippen LogP contribution in [0.3, 0.4) is 0 Å². The van der Waals surface area contributed by atoms with E-state index in [1.165, 1.54) is 6.33 Å². The number of nitrogens with zero attached hydrogens (tertiary/aromatic N) is 3. The molecule has 0 fully saturated rings. The Morgan fingerprint density at radius 3 is 2.88 bits per heavy atom. The Bertz CT molecular complexity index is 510. The van der Waals surface area contributed by atoms with E-state index in [4.69, 9.17) is 4.74 Å². The van der Waals surface area contributed by atoms with Crippen molar-refractivity contribution in [2.45, 2.75) is 18.9 Å². The molecule has 2 aromatic rings. The van der Waals surface area contributed by atoms with E-state index in [1.54, 1.807) is 4.68 Å². The molecule has 0 amide bonds. The molecule has 90 valence electrons. The Morgan fingerprint density at radius 2 is 2.24 bits per heavy atom. The number of hydrogen-bond acceptors (Lipinski definition) is 3. The zero-order valence-corrected chi connectivity index (χ0v) is 11.4. The third-order valence-electron chi connectivity index (χ3n) is 2.59. The molecule has 0 atom stereocenters.